The van der Waals surface area contributed by atoms with E-state index in [2.05, 4.69) is 0 Å². The minimum atomic E-state index is 0.00715. The Kier molecular flexibility index (Phi) is 2.37. The number of aliphatic hydroxyl groups excluding tert-OH is 1. The third kappa shape index (κ3) is 1.64. The molecule has 0 saturated carbocycles. The lowest BCUT2D eigenvalue weighted by molar-refractivity contribution is 0.281. The van der Waals surface area contributed by atoms with Crippen molar-refractivity contribution in [2.45, 2.75) is 13.5 Å². The van der Waals surface area contributed by atoms with Crippen molar-refractivity contribution in [1.82, 2.24) is 0 Å². The molecule has 3 heteroatoms. The number of aryl methyl sites for hydroxylation is 1. The van der Waals surface area contributed by atoms with Crippen molar-refractivity contribution >= 4 is 17.3 Å². The Morgan fingerprint density at radius 2 is 2.18 bits per heavy atom. The van der Waals surface area contributed by atoms with Gasteiger partial charge in [0.15, 0.2) is 0 Å². The Hall–Kier alpha value is -0.730. The van der Waals surface area contributed by atoms with Crippen LogP contribution in [0.5, 0.6) is 0 Å². The smallest absolute Gasteiger partial charge is 0.0685 e. The average molecular weight is 172 g/mol. The molecular weight excluding hydrogens is 162 g/mol. The number of nitrogen functional groups attached to an aromatic ring is 1. The van der Waals surface area contributed by atoms with Gasteiger partial charge in [0.25, 0.3) is 0 Å². The van der Waals surface area contributed by atoms with Crippen molar-refractivity contribution in [2.75, 3.05) is 5.73 Å². The van der Waals surface area contributed by atoms with Crippen molar-refractivity contribution in [1.29, 1.82) is 0 Å². The Labute approximate surface area is 70.6 Å². The summed E-state index contributed by atoms with van der Waals surface area (Å²) in [5.74, 6) is 0. The number of hydrogen-bond donors (Lipinski definition) is 2. The average Bonchev–Trinajstić information content (AvgIpc) is 1.97. The van der Waals surface area contributed by atoms with Gasteiger partial charge in [-0.3, -0.25) is 0 Å². The number of rotatable bonds is 1. The number of halogens is 1. The lowest BCUT2D eigenvalue weighted by atomic mass is 10.1. The van der Waals surface area contributed by atoms with E-state index in [9.17, 15) is 0 Å². The summed E-state index contributed by atoms with van der Waals surface area (Å²) < 4.78 is 0. The summed E-state index contributed by atoms with van der Waals surface area (Å²) in [6, 6.07) is 3.44. The Morgan fingerprint density at radius 1 is 1.55 bits per heavy atom. The first-order valence-electron chi connectivity index (χ1n) is 3.30. The molecule has 1 aromatic carbocycles. The van der Waals surface area contributed by atoms with Crippen LogP contribution in [-0.2, 0) is 6.61 Å². The lowest BCUT2D eigenvalue weighted by Gasteiger charge is -2.04. The van der Waals surface area contributed by atoms with Crippen LogP contribution >= 0.6 is 11.6 Å². The number of anilines is 1. The SMILES string of the molecule is Cc1cc(Cl)c(N)cc1CO. The van der Waals surface area contributed by atoms with Gasteiger partial charge in [-0.05, 0) is 30.2 Å². The van der Waals surface area contributed by atoms with E-state index in [4.69, 9.17) is 22.4 Å². The minimum Gasteiger partial charge on any atom is -0.398 e. The molecule has 2 nitrogen and oxygen atoms in total. The fraction of sp³-hybridized carbons (Fsp3) is 0.250. The molecule has 0 aliphatic carbocycles. The van der Waals surface area contributed by atoms with Gasteiger partial charge in [0.05, 0.1) is 17.3 Å². The van der Waals surface area contributed by atoms with E-state index in [1.54, 1.807) is 12.1 Å². The standard InChI is InChI=1S/C8H10ClNO/c1-5-2-7(9)8(10)3-6(5)4-11/h2-3,11H,4,10H2,1H3. The second-order valence-corrected chi connectivity index (χ2v) is 2.87. The van der Waals surface area contributed by atoms with Crippen molar-refractivity contribution in [3.63, 3.8) is 0 Å². The molecule has 0 aliphatic rings. The summed E-state index contributed by atoms with van der Waals surface area (Å²) >= 11 is 5.74. The molecule has 0 fully saturated rings. The summed E-state index contributed by atoms with van der Waals surface area (Å²) in [7, 11) is 0. The van der Waals surface area contributed by atoms with Gasteiger partial charge < -0.3 is 10.8 Å². The van der Waals surface area contributed by atoms with Crippen LogP contribution in [0.4, 0.5) is 5.69 Å². The molecule has 60 valence electrons. The molecule has 1 aromatic rings. The largest absolute Gasteiger partial charge is 0.398 e. The van der Waals surface area contributed by atoms with Gasteiger partial charge in [-0.1, -0.05) is 11.6 Å². The molecule has 0 aliphatic heterocycles. The molecule has 0 atom stereocenters. The normalized spacial score (nSPS) is 10.1. The molecule has 0 spiro atoms. The Morgan fingerprint density at radius 3 is 2.73 bits per heavy atom. The summed E-state index contributed by atoms with van der Waals surface area (Å²) in [4.78, 5) is 0. The fourth-order valence-corrected chi connectivity index (χ4v) is 1.13. The van der Waals surface area contributed by atoms with Crippen LogP contribution in [0.3, 0.4) is 0 Å². The molecule has 0 amide bonds. The third-order valence-corrected chi connectivity index (χ3v) is 1.95. The molecule has 0 bridgehead atoms. The zero-order valence-electron chi connectivity index (χ0n) is 6.26. The highest BCUT2D eigenvalue weighted by Gasteiger charge is 2.01. The maximum absolute atomic E-state index is 8.84. The van der Waals surface area contributed by atoms with E-state index >= 15 is 0 Å². The first-order chi connectivity index (χ1) is 5.15. The molecule has 0 unspecified atom stereocenters. The molecule has 1 rings (SSSR count). The van der Waals surface area contributed by atoms with Crippen molar-refractivity contribution in [3.8, 4) is 0 Å². The van der Waals surface area contributed by atoms with E-state index in [0.29, 0.717) is 10.7 Å². The zero-order valence-corrected chi connectivity index (χ0v) is 7.02. The van der Waals surface area contributed by atoms with Crippen molar-refractivity contribution in [2.24, 2.45) is 0 Å². The monoisotopic (exact) mass is 171 g/mol. The van der Waals surface area contributed by atoms with E-state index in [-0.39, 0.29) is 6.61 Å². The predicted octanol–water partition coefficient (Wildman–Crippen LogP) is 1.72. The fourth-order valence-electron chi connectivity index (χ4n) is 0.907. The second kappa shape index (κ2) is 3.11. The van der Waals surface area contributed by atoms with E-state index < -0.39 is 0 Å². The van der Waals surface area contributed by atoms with Gasteiger partial charge in [0.1, 0.15) is 0 Å². The number of benzene rings is 1. The van der Waals surface area contributed by atoms with Crippen LogP contribution < -0.4 is 5.73 Å². The number of hydrogen-bond acceptors (Lipinski definition) is 2. The van der Waals surface area contributed by atoms with E-state index in [1.807, 2.05) is 6.92 Å². The maximum Gasteiger partial charge on any atom is 0.0685 e. The highest BCUT2D eigenvalue weighted by Crippen LogP contribution is 2.22. The molecule has 0 aromatic heterocycles. The van der Waals surface area contributed by atoms with Gasteiger partial charge in [-0.15, -0.1) is 0 Å². The summed E-state index contributed by atoms with van der Waals surface area (Å²) in [6.07, 6.45) is 0. The number of nitrogens with two attached hydrogens (primary N) is 1. The molecule has 3 N–H and O–H groups in total. The zero-order chi connectivity index (χ0) is 8.43. The Balaban J connectivity index is 3.21. The Bertz CT molecular complexity index is 273. The van der Waals surface area contributed by atoms with Gasteiger partial charge >= 0.3 is 0 Å². The second-order valence-electron chi connectivity index (χ2n) is 2.46. The van der Waals surface area contributed by atoms with Gasteiger partial charge in [0.2, 0.25) is 0 Å². The van der Waals surface area contributed by atoms with E-state index in [0.717, 1.165) is 11.1 Å². The lowest BCUT2D eigenvalue weighted by Crippen LogP contribution is -1.93. The van der Waals surface area contributed by atoms with E-state index in [1.165, 1.54) is 0 Å². The summed E-state index contributed by atoms with van der Waals surface area (Å²) in [5, 5.41) is 9.38. The quantitative estimate of drug-likeness (QED) is 0.633. The van der Waals surface area contributed by atoms with Crippen LogP contribution in [0.1, 0.15) is 11.1 Å². The van der Waals surface area contributed by atoms with Crippen molar-refractivity contribution < 1.29 is 5.11 Å². The van der Waals surface area contributed by atoms with Gasteiger partial charge in [-0.2, -0.15) is 0 Å². The summed E-state index contributed by atoms with van der Waals surface area (Å²) in [6.45, 7) is 1.89. The highest BCUT2D eigenvalue weighted by molar-refractivity contribution is 6.33. The topological polar surface area (TPSA) is 46.2 Å². The van der Waals surface area contributed by atoms with Crippen molar-refractivity contribution in [3.05, 3.63) is 28.3 Å². The predicted molar refractivity (Wildman–Crippen MR) is 46.5 cm³/mol. The molecule has 0 saturated heterocycles. The maximum atomic E-state index is 8.84. The minimum absolute atomic E-state index is 0.00715. The first-order valence-corrected chi connectivity index (χ1v) is 3.68. The van der Waals surface area contributed by atoms with Crippen LogP contribution in [0.2, 0.25) is 5.02 Å². The third-order valence-electron chi connectivity index (χ3n) is 1.63. The van der Waals surface area contributed by atoms with Gasteiger partial charge in [0, 0.05) is 0 Å². The molecular formula is C8H10ClNO. The first kappa shape index (κ1) is 8.37. The van der Waals surface area contributed by atoms with Crippen LogP contribution in [-0.4, -0.2) is 5.11 Å². The highest BCUT2D eigenvalue weighted by atomic mass is 35.5. The van der Waals surface area contributed by atoms with Crippen LogP contribution in [0.15, 0.2) is 12.1 Å². The molecule has 0 radical (unpaired) electrons. The van der Waals surface area contributed by atoms with Crippen LogP contribution in [0.25, 0.3) is 0 Å². The van der Waals surface area contributed by atoms with Gasteiger partial charge in [-0.25, -0.2) is 0 Å². The van der Waals surface area contributed by atoms with Crippen LogP contribution in [0, 0.1) is 6.92 Å². The molecule has 11 heavy (non-hydrogen) atoms. The number of aliphatic hydroxyl groups is 1. The summed E-state index contributed by atoms with van der Waals surface area (Å²) in [5.41, 5.74) is 7.83. The molecule has 0 heterocycles.